The summed E-state index contributed by atoms with van der Waals surface area (Å²) in [6.45, 7) is -0.101. The van der Waals surface area contributed by atoms with E-state index in [4.69, 9.17) is 21.4 Å². The van der Waals surface area contributed by atoms with E-state index in [1.54, 1.807) is 18.2 Å². The molecule has 3 aromatic rings. The average Bonchev–Trinajstić information content (AvgIpc) is 2.78. The highest BCUT2D eigenvalue weighted by molar-refractivity contribution is 6.31. The van der Waals surface area contributed by atoms with Gasteiger partial charge in [0.25, 0.3) is 5.91 Å². The summed E-state index contributed by atoms with van der Waals surface area (Å²) < 4.78 is 44.6. The average molecular weight is 495 g/mol. The fourth-order valence-corrected chi connectivity index (χ4v) is 2.97. The number of aliphatic hydroxyl groups excluding tert-OH is 1. The molecule has 0 atom stereocenters. The lowest BCUT2D eigenvalue weighted by atomic mass is 10.2. The second-order valence-corrected chi connectivity index (χ2v) is 7.17. The van der Waals surface area contributed by atoms with E-state index < -0.39 is 28.7 Å². The molecule has 178 valence electrons. The lowest BCUT2D eigenvalue weighted by Gasteiger charge is -2.13. The first kappa shape index (κ1) is 24.8. The van der Waals surface area contributed by atoms with Crippen molar-refractivity contribution in [1.29, 1.82) is 0 Å². The highest BCUT2D eigenvalue weighted by Crippen LogP contribution is 2.36. The van der Waals surface area contributed by atoms with Gasteiger partial charge in [-0.1, -0.05) is 17.7 Å². The Morgan fingerprint density at radius 3 is 2.47 bits per heavy atom. The molecule has 0 radical (unpaired) electrons. The number of hydrogen-bond donors (Lipinski definition) is 4. The van der Waals surface area contributed by atoms with E-state index in [0.29, 0.717) is 0 Å². The van der Waals surface area contributed by atoms with Gasteiger partial charge < -0.3 is 25.8 Å². The molecule has 3 amide bonds. The number of carbonyl (C=O) groups excluding carboxylic acids is 2. The minimum absolute atomic E-state index is 0.0953. The van der Waals surface area contributed by atoms with Crippen LogP contribution < -0.4 is 20.7 Å². The summed E-state index contributed by atoms with van der Waals surface area (Å²) in [5.41, 5.74) is -0.602. The molecule has 1 aromatic heterocycles. The van der Waals surface area contributed by atoms with E-state index in [-0.39, 0.29) is 41.7 Å². The maximum Gasteiger partial charge on any atom is 0.417 e. The molecule has 2 aromatic carbocycles. The second kappa shape index (κ2) is 10.9. The zero-order valence-electron chi connectivity index (χ0n) is 17.3. The zero-order chi connectivity index (χ0) is 24.7. The quantitative estimate of drug-likeness (QED) is 0.373. The van der Waals surface area contributed by atoms with Crippen molar-refractivity contribution in [2.24, 2.45) is 0 Å². The van der Waals surface area contributed by atoms with Crippen LogP contribution in [0.2, 0.25) is 5.02 Å². The third-order valence-corrected chi connectivity index (χ3v) is 4.57. The number of benzene rings is 2. The maximum atomic E-state index is 13.0. The minimum Gasteiger partial charge on any atom is -0.439 e. The highest BCUT2D eigenvalue weighted by Gasteiger charge is 2.33. The number of aliphatic hydroxyl groups is 1. The van der Waals surface area contributed by atoms with Gasteiger partial charge in [0.15, 0.2) is 0 Å². The van der Waals surface area contributed by atoms with Gasteiger partial charge >= 0.3 is 12.2 Å². The van der Waals surface area contributed by atoms with Crippen molar-refractivity contribution < 1.29 is 32.6 Å². The van der Waals surface area contributed by atoms with Gasteiger partial charge in [-0.05, 0) is 36.4 Å². The number of pyridine rings is 1. The number of alkyl halides is 3. The Bertz CT molecular complexity index is 1190. The molecular formula is C22H18ClF3N4O4. The molecule has 0 fully saturated rings. The summed E-state index contributed by atoms with van der Waals surface area (Å²) in [5.74, 6) is -0.0209. The first-order chi connectivity index (χ1) is 16.2. The zero-order valence-corrected chi connectivity index (χ0v) is 18.1. The van der Waals surface area contributed by atoms with Crippen LogP contribution in [0.5, 0.6) is 11.6 Å². The molecule has 4 N–H and O–H groups in total. The monoisotopic (exact) mass is 494 g/mol. The predicted molar refractivity (Wildman–Crippen MR) is 119 cm³/mol. The van der Waals surface area contributed by atoms with Crippen LogP contribution in [0.25, 0.3) is 0 Å². The van der Waals surface area contributed by atoms with Crippen LogP contribution in [0, 0.1) is 0 Å². The standard InChI is InChI=1S/C22H18ClF3N4O4/c23-18-5-4-15(12-17(18)22(24,25)26)30-21(33)29-14-2-1-3-16(11-14)34-19-10-13(6-7-27-19)20(32)28-8-9-31/h1-7,10-12,31H,8-9H2,(H,28,32)(H2,29,30,33). The number of aromatic nitrogens is 1. The molecule has 0 unspecified atom stereocenters. The number of halogens is 4. The van der Waals surface area contributed by atoms with Gasteiger partial charge in [-0.3, -0.25) is 4.79 Å². The van der Waals surface area contributed by atoms with Gasteiger partial charge in [0.2, 0.25) is 5.88 Å². The first-order valence-electron chi connectivity index (χ1n) is 9.73. The molecule has 0 saturated carbocycles. The Morgan fingerprint density at radius 2 is 1.76 bits per heavy atom. The summed E-state index contributed by atoms with van der Waals surface area (Å²) in [5, 5.41) is 15.6. The lowest BCUT2D eigenvalue weighted by molar-refractivity contribution is -0.137. The van der Waals surface area contributed by atoms with Crippen LogP contribution >= 0.6 is 11.6 Å². The van der Waals surface area contributed by atoms with Crippen molar-refractivity contribution in [3.63, 3.8) is 0 Å². The van der Waals surface area contributed by atoms with Gasteiger partial charge in [0.05, 0.1) is 17.2 Å². The normalized spacial score (nSPS) is 11.0. The van der Waals surface area contributed by atoms with Crippen molar-refractivity contribution in [2.75, 3.05) is 23.8 Å². The predicted octanol–water partition coefficient (Wildman–Crippen LogP) is 4.91. The van der Waals surface area contributed by atoms with Crippen molar-refractivity contribution >= 4 is 34.9 Å². The minimum atomic E-state index is -4.66. The third-order valence-electron chi connectivity index (χ3n) is 4.24. The van der Waals surface area contributed by atoms with Crippen molar-refractivity contribution in [3.8, 4) is 11.6 Å². The molecule has 0 saturated heterocycles. The summed E-state index contributed by atoms with van der Waals surface area (Å²) in [7, 11) is 0. The van der Waals surface area contributed by atoms with Crippen molar-refractivity contribution in [2.45, 2.75) is 6.18 Å². The van der Waals surface area contributed by atoms with Gasteiger partial charge in [-0.25, -0.2) is 9.78 Å². The molecular weight excluding hydrogens is 477 g/mol. The summed E-state index contributed by atoms with van der Waals surface area (Å²) in [6, 6.07) is 11.3. The summed E-state index contributed by atoms with van der Waals surface area (Å²) in [6.07, 6.45) is -3.29. The summed E-state index contributed by atoms with van der Waals surface area (Å²) in [4.78, 5) is 28.3. The first-order valence-corrected chi connectivity index (χ1v) is 10.1. The number of urea groups is 1. The number of nitrogens with zero attached hydrogens (tertiary/aromatic N) is 1. The number of hydrogen-bond acceptors (Lipinski definition) is 5. The smallest absolute Gasteiger partial charge is 0.417 e. The molecule has 0 aliphatic heterocycles. The van der Waals surface area contributed by atoms with Gasteiger partial charge in [0, 0.05) is 41.8 Å². The Balaban J connectivity index is 1.66. The fraction of sp³-hybridized carbons (Fsp3) is 0.136. The van der Waals surface area contributed by atoms with Gasteiger partial charge in [-0.15, -0.1) is 0 Å². The highest BCUT2D eigenvalue weighted by atomic mass is 35.5. The largest absolute Gasteiger partial charge is 0.439 e. The Hall–Kier alpha value is -3.83. The van der Waals surface area contributed by atoms with Crippen LogP contribution in [0.15, 0.2) is 60.8 Å². The van der Waals surface area contributed by atoms with Crippen LogP contribution in [0.1, 0.15) is 15.9 Å². The molecule has 0 aliphatic carbocycles. The molecule has 34 heavy (non-hydrogen) atoms. The van der Waals surface area contributed by atoms with E-state index in [0.717, 1.165) is 12.1 Å². The Kier molecular flexibility index (Phi) is 7.92. The van der Waals surface area contributed by atoms with Crippen LogP contribution in [-0.2, 0) is 6.18 Å². The van der Waals surface area contributed by atoms with Crippen LogP contribution in [0.4, 0.5) is 29.3 Å². The fourth-order valence-electron chi connectivity index (χ4n) is 2.75. The molecule has 0 aliphatic rings. The topological polar surface area (TPSA) is 113 Å². The molecule has 8 nitrogen and oxygen atoms in total. The number of ether oxygens (including phenoxy) is 1. The number of anilines is 2. The Labute approximate surface area is 196 Å². The third kappa shape index (κ3) is 6.83. The van der Waals surface area contributed by atoms with Gasteiger partial charge in [-0.2, -0.15) is 13.2 Å². The van der Waals surface area contributed by atoms with Crippen molar-refractivity contribution in [1.82, 2.24) is 10.3 Å². The lowest BCUT2D eigenvalue weighted by Crippen LogP contribution is -2.26. The van der Waals surface area contributed by atoms with E-state index in [9.17, 15) is 22.8 Å². The SMILES string of the molecule is O=C(Nc1cccc(Oc2cc(C(=O)NCCO)ccn2)c1)Nc1ccc(Cl)c(C(F)(F)F)c1. The second-order valence-electron chi connectivity index (χ2n) is 6.76. The summed E-state index contributed by atoms with van der Waals surface area (Å²) >= 11 is 5.58. The van der Waals surface area contributed by atoms with E-state index in [1.165, 1.54) is 30.5 Å². The molecule has 0 bridgehead atoms. The van der Waals surface area contributed by atoms with Crippen LogP contribution in [-0.4, -0.2) is 35.2 Å². The number of nitrogens with one attached hydrogen (secondary N) is 3. The van der Waals surface area contributed by atoms with Crippen LogP contribution in [0.3, 0.4) is 0 Å². The van der Waals surface area contributed by atoms with E-state index >= 15 is 0 Å². The van der Waals surface area contributed by atoms with Gasteiger partial charge in [0.1, 0.15) is 5.75 Å². The maximum absolute atomic E-state index is 13.0. The molecule has 12 heteroatoms. The van der Waals surface area contributed by atoms with E-state index in [1.807, 2.05) is 0 Å². The van der Waals surface area contributed by atoms with E-state index in [2.05, 4.69) is 20.9 Å². The molecule has 1 heterocycles. The number of rotatable bonds is 7. The number of carbonyl (C=O) groups is 2. The number of amides is 3. The Morgan fingerprint density at radius 1 is 1.03 bits per heavy atom. The van der Waals surface area contributed by atoms with Crippen molar-refractivity contribution in [3.05, 3.63) is 76.9 Å². The molecule has 3 rings (SSSR count). The molecule has 0 spiro atoms.